The molecule has 0 radical (unpaired) electrons. The van der Waals surface area contributed by atoms with Crippen LogP contribution in [0.25, 0.3) is 0 Å². The minimum absolute atomic E-state index is 0.161. The van der Waals surface area contributed by atoms with E-state index in [1.807, 2.05) is 0 Å². The molecule has 0 saturated carbocycles. The first kappa shape index (κ1) is 14.8. The van der Waals surface area contributed by atoms with E-state index in [1.165, 1.54) is 12.5 Å². The van der Waals surface area contributed by atoms with Gasteiger partial charge in [-0.15, -0.1) is 0 Å². The molecule has 1 fully saturated rings. The third-order valence-corrected chi connectivity index (χ3v) is 3.68. The van der Waals surface area contributed by atoms with Crippen LogP contribution in [0.5, 0.6) is 0 Å². The van der Waals surface area contributed by atoms with Crippen LogP contribution in [0.4, 0.5) is 0 Å². The lowest BCUT2D eigenvalue weighted by molar-refractivity contribution is 0.0694. The standard InChI is InChI=1S/C13H21N5O2/c1-17-3-4-18(2)10(8-17)5-14-7-12-11(13(19)20)6-15-9-16-12/h6,9-10,14H,3-5,7-8H2,1-2H3,(H,19,20). The average Bonchev–Trinajstić information content (AvgIpc) is 2.43. The molecule has 20 heavy (non-hydrogen) atoms. The van der Waals surface area contributed by atoms with Crippen LogP contribution in [0.2, 0.25) is 0 Å². The molecule has 0 amide bonds. The minimum atomic E-state index is -0.989. The zero-order valence-corrected chi connectivity index (χ0v) is 11.9. The molecule has 0 aliphatic carbocycles. The minimum Gasteiger partial charge on any atom is -0.478 e. The summed E-state index contributed by atoms with van der Waals surface area (Å²) in [6, 6.07) is 0.434. The molecule has 0 aromatic carbocycles. The van der Waals surface area contributed by atoms with Gasteiger partial charge in [-0.2, -0.15) is 0 Å². The largest absolute Gasteiger partial charge is 0.478 e. The Kier molecular flexibility index (Phi) is 4.99. The van der Waals surface area contributed by atoms with Crippen LogP contribution in [-0.4, -0.2) is 77.2 Å². The van der Waals surface area contributed by atoms with Gasteiger partial charge in [0, 0.05) is 45.0 Å². The highest BCUT2D eigenvalue weighted by Gasteiger charge is 2.21. The van der Waals surface area contributed by atoms with Crippen molar-refractivity contribution in [1.82, 2.24) is 25.1 Å². The van der Waals surface area contributed by atoms with E-state index in [2.05, 4.69) is 39.2 Å². The molecule has 1 aliphatic heterocycles. The predicted octanol–water partition coefficient (Wildman–Crippen LogP) is -0.490. The van der Waals surface area contributed by atoms with Gasteiger partial charge in [0.05, 0.1) is 5.69 Å². The Labute approximate surface area is 118 Å². The molecule has 7 heteroatoms. The number of carboxylic acids is 1. The third-order valence-electron chi connectivity index (χ3n) is 3.68. The molecule has 1 saturated heterocycles. The van der Waals surface area contributed by atoms with Gasteiger partial charge in [0.2, 0.25) is 0 Å². The molecule has 1 aromatic rings. The predicted molar refractivity (Wildman–Crippen MR) is 74.6 cm³/mol. The van der Waals surface area contributed by atoms with Crippen molar-refractivity contribution >= 4 is 5.97 Å². The Morgan fingerprint density at radius 2 is 2.30 bits per heavy atom. The van der Waals surface area contributed by atoms with Crippen molar-refractivity contribution in [2.75, 3.05) is 40.3 Å². The number of aromatic nitrogens is 2. The number of carbonyl (C=O) groups is 1. The van der Waals surface area contributed by atoms with E-state index in [0.29, 0.717) is 18.3 Å². The van der Waals surface area contributed by atoms with Crippen LogP contribution < -0.4 is 5.32 Å². The molecule has 1 aromatic heterocycles. The van der Waals surface area contributed by atoms with E-state index < -0.39 is 5.97 Å². The fourth-order valence-electron chi connectivity index (χ4n) is 2.35. The Bertz CT molecular complexity index is 468. The quantitative estimate of drug-likeness (QED) is 0.752. The second kappa shape index (κ2) is 6.74. The molecular weight excluding hydrogens is 258 g/mol. The normalized spacial score (nSPS) is 21.0. The van der Waals surface area contributed by atoms with Crippen molar-refractivity contribution in [2.24, 2.45) is 0 Å². The number of carboxylic acid groups (broad SMARTS) is 1. The molecule has 1 unspecified atom stereocenters. The van der Waals surface area contributed by atoms with E-state index in [-0.39, 0.29) is 5.56 Å². The van der Waals surface area contributed by atoms with Gasteiger partial charge in [-0.1, -0.05) is 0 Å². The summed E-state index contributed by atoms with van der Waals surface area (Å²) in [6.45, 7) is 4.40. The molecule has 7 nitrogen and oxygen atoms in total. The molecule has 2 rings (SSSR count). The second-order valence-corrected chi connectivity index (χ2v) is 5.22. The highest BCUT2D eigenvalue weighted by molar-refractivity contribution is 5.88. The molecule has 1 atom stereocenters. The summed E-state index contributed by atoms with van der Waals surface area (Å²) in [6.07, 6.45) is 2.72. The SMILES string of the molecule is CN1CCN(C)C(CNCc2ncncc2C(=O)O)C1. The van der Waals surface area contributed by atoms with Crippen molar-refractivity contribution in [2.45, 2.75) is 12.6 Å². The fraction of sp³-hybridized carbons (Fsp3) is 0.615. The number of hydrogen-bond acceptors (Lipinski definition) is 6. The van der Waals surface area contributed by atoms with E-state index in [1.54, 1.807) is 0 Å². The topological polar surface area (TPSA) is 81.6 Å². The van der Waals surface area contributed by atoms with Crippen LogP contribution >= 0.6 is 0 Å². The summed E-state index contributed by atoms with van der Waals surface area (Å²) in [5.74, 6) is -0.989. The molecule has 0 spiro atoms. The monoisotopic (exact) mass is 279 g/mol. The van der Waals surface area contributed by atoms with Crippen LogP contribution in [-0.2, 0) is 6.54 Å². The summed E-state index contributed by atoms with van der Waals surface area (Å²) < 4.78 is 0. The molecular formula is C13H21N5O2. The van der Waals surface area contributed by atoms with Crippen molar-refractivity contribution in [3.05, 3.63) is 23.8 Å². The van der Waals surface area contributed by atoms with Crippen LogP contribution in [0.1, 0.15) is 16.1 Å². The van der Waals surface area contributed by atoms with Gasteiger partial charge in [-0.3, -0.25) is 4.90 Å². The zero-order valence-electron chi connectivity index (χ0n) is 11.9. The van der Waals surface area contributed by atoms with Gasteiger partial charge >= 0.3 is 5.97 Å². The van der Waals surface area contributed by atoms with Gasteiger partial charge in [0.1, 0.15) is 11.9 Å². The number of hydrogen-bond donors (Lipinski definition) is 2. The number of likely N-dealkylation sites (N-methyl/N-ethyl adjacent to an activating group) is 2. The Morgan fingerprint density at radius 1 is 1.50 bits per heavy atom. The Balaban J connectivity index is 1.88. The fourth-order valence-corrected chi connectivity index (χ4v) is 2.35. The highest BCUT2D eigenvalue weighted by Crippen LogP contribution is 2.06. The van der Waals surface area contributed by atoms with Gasteiger partial charge in [-0.25, -0.2) is 14.8 Å². The van der Waals surface area contributed by atoms with Crippen molar-refractivity contribution < 1.29 is 9.90 Å². The van der Waals surface area contributed by atoms with E-state index in [0.717, 1.165) is 26.2 Å². The number of aromatic carboxylic acids is 1. The van der Waals surface area contributed by atoms with Gasteiger partial charge in [-0.05, 0) is 14.1 Å². The Hall–Kier alpha value is -1.57. The number of rotatable bonds is 5. The molecule has 0 bridgehead atoms. The summed E-state index contributed by atoms with van der Waals surface area (Å²) in [4.78, 5) is 23.5. The molecule has 110 valence electrons. The van der Waals surface area contributed by atoms with Crippen LogP contribution in [0.15, 0.2) is 12.5 Å². The summed E-state index contributed by atoms with van der Waals surface area (Å²) in [7, 11) is 4.24. The maximum Gasteiger partial charge on any atom is 0.339 e. The van der Waals surface area contributed by atoms with Gasteiger partial charge in [0.15, 0.2) is 0 Å². The maximum atomic E-state index is 11.1. The summed E-state index contributed by atoms with van der Waals surface area (Å²) >= 11 is 0. The smallest absolute Gasteiger partial charge is 0.339 e. The first-order valence-corrected chi connectivity index (χ1v) is 6.69. The number of nitrogens with one attached hydrogen (secondary N) is 1. The summed E-state index contributed by atoms with van der Waals surface area (Å²) in [5, 5.41) is 12.4. The lowest BCUT2D eigenvalue weighted by Gasteiger charge is -2.37. The summed E-state index contributed by atoms with van der Waals surface area (Å²) in [5.41, 5.74) is 0.688. The van der Waals surface area contributed by atoms with Crippen LogP contribution in [0.3, 0.4) is 0 Å². The van der Waals surface area contributed by atoms with Gasteiger partial charge in [0.25, 0.3) is 0 Å². The van der Waals surface area contributed by atoms with Gasteiger partial charge < -0.3 is 15.3 Å². The average molecular weight is 279 g/mol. The molecule has 1 aliphatic rings. The van der Waals surface area contributed by atoms with Crippen molar-refractivity contribution in [3.63, 3.8) is 0 Å². The lowest BCUT2D eigenvalue weighted by atomic mass is 10.1. The van der Waals surface area contributed by atoms with Crippen molar-refractivity contribution in [1.29, 1.82) is 0 Å². The first-order chi connectivity index (χ1) is 9.58. The Morgan fingerprint density at radius 3 is 3.05 bits per heavy atom. The second-order valence-electron chi connectivity index (χ2n) is 5.22. The maximum absolute atomic E-state index is 11.1. The van der Waals surface area contributed by atoms with Crippen molar-refractivity contribution in [3.8, 4) is 0 Å². The molecule has 2 N–H and O–H groups in total. The number of piperazine rings is 1. The third kappa shape index (κ3) is 3.72. The van der Waals surface area contributed by atoms with E-state index in [9.17, 15) is 4.79 Å². The first-order valence-electron chi connectivity index (χ1n) is 6.69. The lowest BCUT2D eigenvalue weighted by Crippen LogP contribution is -2.53. The van der Waals surface area contributed by atoms with E-state index in [4.69, 9.17) is 5.11 Å². The zero-order chi connectivity index (χ0) is 14.5. The number of nitrogens with zero attached hydrogens (tertiary/aromatic N) is 4. The van der Waals surface area contributed by atoms with Crippen LogP contribution in [0, 0.1) is 0 Å². The van der Waals surface area contributed by atoms with E-state index >= 15 is 0 Å². The highest BCUT2D eigenvalue weighted by atomic mass is 16.4. The molecule has 2 heterocycles.